The molecular weight excluding hydrogens is 340 g/mol. The fourth-order valence-corrected chi connectivity index (χ4v) is 4.30. The first-order chi connectivity index (χ1) is 12.0. The standard InChI is InChI=1S/C18H26N2O4S/c1-2-10-25(22,23)19-16-5-3-4-15(11-16)18(21)20(17-6-7-17)12-14-8-9-24-13-14/h3-5,11,14,17,19H,2,6-10,12-13H2,1H3. The molecule has 1 heterocycles. The van der Waals surface area contributed by atoms with Crippen LogP contribution >= 0.6 is 0 Å². The summed E-state index contributed by atoms with van der Waals surface area (Å²) in [5.41, 5.74) is 0.974. The van der Waals surface area contributed by atoms with Crippen molar-refractivity contribution >= 4 is 21.6 Å². The Balaban J connectivity index is 1.73. The third-order valence-electron chi connectivity index (χ3n) is 4.58. The van der Waals surface area contributed by atoms with E-state index >= 15 is 0 Å². The fraction of sp³-hybridized carbons (Fsp3) is 0.611. The van der Waals surface area contributed by atoms with E-state index in [2.05, 4.69) is 4.72 Å². The number of rotatable bonds is 8. The quantitative estimate of drug-likeness (QED) is 0.767. The maximum absolute atomic E-state index is 13.0. The molecule has 0 aromatic heterocycles. The predicted molar refractivity (Wildman–Crippen MR) is 97.1 cm³/mol. The van der Waals surface area contributed by atoms with Gasteiger partial charge in [0.1, 0.15) is 0 Å². The van der Waals surface area contributed by atoms with Crippen LogP contribution in [0.3, 0.4) is 0 Å². The third-order valence-corrected chi connectivity index (χ3v) is 6.08. The van der Waals surface area contributed by atoms with Crippen LogP contribution in [0.2, 0.25) is 0 Å². The molecule has 3 rings (SSSR count). The summed E-state index contributed by atoms with van der Waals surface area (Å²) in [4.78, 5) is 14.9. The summed E-state index contributed by atoms with van der Waals surface area (Å²) in [5, 5.41) is 0. The molecule has 1 aromatic carbocycles. The van der Waals surface area contributed by atoms with Gasteiger partial charge in [-0.15, -0.1) is 0 Å². The Bertz CT molecular complexity index is 710. The van der Waals surface area contributed by atoms with E-state index in [4.69, 9.17) is 4.74 Å². The molecule has 1 amide bonds. The number of anilines is 1. The Kier molecular flexibility index (Phi) is 5.64. The van der Waals surface area contributed by atoms with Crippen molar-refractivity contribution in [3.8, 4) is 0 Å². The number of sulfonamides is 1. The summed E-state index contributed by atoms with van der Waals surface area (Å²) < 4.78 is 31.9. The van der Waals surface area contributed by atoms with E-state index in [1.807, 2.05) is 11.8 Å². The Morgan fingerprint density at radius 2 is 2.12 bits per heavy atom. The van der Waals surface area contributed by atoms with E-state index in [0.29, 0.717) is 36.2 Å². The summed E-state index contributed by atoms with van der Waals surface area (Å²) >= 11 is 0. The van der Waals surface area contributed by atoms with Gasteiger partial charge in [-0.3, -0.25) is 9.52 Å². The highest BCUT2D eigenvalue weighted by molar-refractivity contribution is 7.92. The summed E-state index contributed by atoms with van der Waals surface area (Å²) in [7, 11) is -3.36. The first-order valence-electron chi connectivity index (χ1n) is 8.98. The van der Waals surface area contributed by atoms with Gasteiger partial charge in [0.25, 0.3) is 5.91 Å². The van der Waals surface area contributed by atoms with Gasteiger partial charge in [0, 0.05) is 36.4 Å². The third kappa shape index (κ3) is 4.95. The lowest BCUT2D eigenvalue weighted by molar-refractivity contribution is 0.0706. The molecule has 1 saturated heterocycles. The Morgan fingerprint density at radius 1 is 1.32 bits per heavy atom. The van der Waals surface area contributed by atoms with Gasteiger partial charge < -0.3 is 9.64 Å². The Labute approximate surface area is 149 Å². The van der Waals surface area contributed by atoms with Gasteiger partial charge in [-0.2, -0.15) is 0 Å². The van der Waals surface area contributed by atoms with Crippen molar-refractivity contribution in [1.29, 1.82) is 0 Å². The second kappa shape index (κ2) is 7.74. The molecule has 2 fully saturated rings. The second-order valence-corrected chi connectivity index (χ2v) is 8.76. The molecule has 2 aliphatic rings. The van der Waals surface area contributed by atoms with Crippen LogP contribution in [-0.4, -0.2) is 50.8 Å². The minimum atomic E-state index is -3.36. The van der Waals surface area contributed by atoms with E-state index < -0.39 is 10.0 Å². The number of hydrogen-bond acceptors (Lipinski definition) is 4. The van der Waals surface area contributed by atoms with Gasteiger partial charge in [-0.25, -0.2) is 8.42 Å². The Hall–Kier alpha value is -1.60. The number of nitrogens with zero attached hydrogens (tertiary/aromatic N) is 1. The molecule has 138 valence electrons. The minimum absolute atomic E-state index is 0.0223. The highest BCUT2D eigenvalue weighted by atomic mass is 32.2. The monoisotopic (exact) mass is 366 g/mol. The van der Waals surface area contributed by atoms with Gasteiger partial charge in [0.2, 0.25) is 10.0 Å². The normalized spacial score (nSPS) is 20.4. The second-order valence-electron chi connectivity index (χ2n) is 6.92. The predicted octanol–water partition coefficient (Wildman–Crippen LogP) is 2.48. The van der Waals surface area contributed by atoms with E-state index in [1.54, 1.807) is 24.3 Å². The van der Waals surface area contributed by atoms with Crippen molar-refractivity contribution in [2.24, 2.45) is 5.92 Å². The first-order valence-corrected chi connectivity index (χ1v) is 10.6. The number of ether oxygens (including phenoxy) is 1. The van der Waals surface area contributed by atoms with Crippen LogP contribution in [0.25, 0.3) is 0 Å². The fourth-order valence-electron chi connectivity index (χ4n) is 3.17. The number of amides is 1. The van der Waals surface area contributed by atoms with Gasteiger partial charge >= 0.3 is 0 Å². The summed E-state index contributed by atoms with van der Waals surface area (Å²) in [5.74, 6) is 0.447. The average Bonchev–Trinajstić information content (AvgIpc) is 3.28. The van der Waals surface area contributed by atoms with Crippen LogP contribution in [0.1, 0.15) is 43.0 Å². The molecule has 1 atom stereocenters. The molecule has 1 aromatic rings. The summed E-state index contributed by atoms with van der Waals surface area (Å²) in [6.45, 7) is 4.02. The van der Waals surface area contributed by atoms with Crippen molar-refractivity contribution in [3.05, 3.63) is 29.8 Å². The zero-order valence-corrected chi connectivity index (χ0v) is 15.4. The lowest BCUT2D eigenvalue weighted by atomic mass is 10.1. The van der Waals surface area contributed by atoms with Crippen molar-refractivity contribution in [2.45, 2.75) is 38.6 Å². The highest BCUT2D eigenvalue weighted by Gasteiger charge is 2.35. The molecule has 1 unspecified atom stereocenters. The number of hydrogen-bond donors (Lipinski definition) is 1. The van der Waals surface area contributed by atoms with Crippen LogP contribution < -0.4 is 4.72 Å². The SMILES string of the molecule is CCCS(=O)(=O)Nc1cccc(C(=O)N(CC2CCOC2)C2CC2)c1. The topological polar surface area (TPSA) is 75.7 Å². The zero-order valence-electron chi connectivity index (χ0n) is 14.6. The van der Waals surface area contributed by atoms with Gasteiger partial charge in [-0.1, -0.05) is 13.0 Å². The van der Waals surface area contributed by atoms with Gasteiger partial charge in [0.05, 0.1) is 12.4 Å². The molecule has 0 bridgehead atoms. The zero-order chi connectivity index (χ0) is 17.9. The van der Waals surface area contributed by atoms with E-state index in [-0.39, 0.29) is 11.7 Å². The van der Waals surface area contributed by atoms with Crippen molar-refractivity contribution in [2.75, 3.05) is 30.2 Å². The molecule has 0 spiro atoms. The number of benzene rings is 1. The van der Waals surface area contributed by atoms with Crippen LogP contribution in [0.4, 0.5) is 5.69 Å². The number of carbonyl (C=O) groups is 1. The van der Waals surface area contributed by atoms with Gasteiger partial charge in [0.15, 0.2) is 0 Å². The molecule has 1 saturated carbocycles. The first kappa shape index (κ1) is 18.2. The molecule has 1 aliphatic carbocycles. The van der Waals surface area contributed by atoms with E-state index in [1.165, 1.54) is 0 Å². The van der Waals surface area contributed by atoms with Crippen LogP contribution in [0, 0.1) is 5.92 Å². The molecular formula is C18H26N2O4S. The van der Waals surface area contributed by atoms with Crippen LogP contribution in [-0.2, 0) is 14.8 Å². The van der Waals surface area contributed by atoms with E-state index in [9.17, 15) is 13.2 Å². The maximum Gasteiger partial charge on any atom is 0.254 e. The number of carbonyl (C=O) groups excluding carboxylic acids is 1. The van der Waals surface area contributed by atoms with Crippen molar-refractivity contribution in [3.63, 3.8) is 0 Å². The summed E-state index contributed by atoms with van der Waals surface area (Å²) in [6, 6.07) is 7.10. The smallest absolute Gasteiger partial charge is 0.254 e. The van der Waals surface area contributed by atoms with Gasteiger partial charge in [-0.05, 0) is 43.9 Å². The largest absolute Gasteiger partial charge is 0.381 e. The molecule has 25 heavy (non-hydrogen) atoms. The summed E-state index contributed by atoms with van der Waals surface area (Å²) in [6.07, 6.45) is 3.63. The molecule has 1 aliphatic heterocycles. The average molecular weight is 366 g/mol. The molecule has 0 radical (unpaired) electrons. The minimum Gasteiger partial charge on any atom is -0.381 e. The van der Waals surface area contributed by atoms with E-state index in [0.717, 1.165) is 32.4 Å². The van der Waals surface area contributed by atoms with Crippen molar-refractivity contribution < 1.29 is 17.9 Å². The lowest BCUT2D eigenvalue weighted by Gasteiger charge is -2.25. The molecule has 6 nitrogen and oxygen atoms in total. The highest BCUT2D eigenvalue weighted by Crippen LogP contribution is 2.30. The number of nitrogens with one attached hydrogen (secondary N) is 1. The van der Waals surface area contributed by atoms with Crippen LogP contribution in [0.5, 0.6) is 0 Å². The maximum atomic E-state index is 13.0. The Morgan fingerprint density at radius 3 is 2.76 bits per heavy atom. The molecule has 7 heteroatoms. The lowest BCUT2D eigenvalue weighted by Crippen LogP contribution is -2.37. The van der Waals surface area contributed by atoms with Crippen molar-refractivity contribution in [1.82, 2.24) is 4.90 Å². The van der Waals surface area contributed by atoms with Crippen LogP contribution in [0.15, 0.2) is 24.3 Å². The molecule has 1 N–H and O–H groups in total.